The number of carbonyl (C=O) groups is 1. The highest BCUT2D eigenvalue weighted by Gasteiger charge is 2.02. The number of allylic oxidation sites excluding steroid dienone is 3. The molecular formula is C13H17N3O. The summed E-state index contributed by atoms with van der Waals surface area (Å²) in [6, 6.07) is 0. The molecule has 0 atom stereocenters. The smallest absolute Gasteiger partial charge is 0.250 e. The number of aromatic nitrogens is 2. The van der Waals surface area contributed by atoms with Gasteiger partial charge in [-0.3, -0.25) is 4.79 Å². The predicted octanol–water partition coefficient (Wildman–Crippen LogP) is 1.76. The summed E-state index contributed by atoms with van der Waals surface area (Å²) < 4.78 is 0. The van der Waals surface area contributed by atoms with E-state index in [0.29, 0.717) is 12.1 Å². The van der Waals surface area contributed by atoms with E-state index in [4.69, 9.17) is 0 Å². The zero-order chi connectivity index (χ0) is 12.5. The van der Waals surface area contributed by atoms with Crippen LogP contribution in [0.3, 0.4) is 0 Å². The van der Waals surface area contributed by atoms with Gasteiger partial charge in [-0.25, -0.2) is 4.98 Å². The minimum Gasteiger partial charge on any atom is -0.352 e. The maximum absolute atomic E-state index is 11.6. The molecule has 1 heterocycles. The summed E-state index contributed by atoms with van der Waals surface area (Å²) in [6.45, 7) is 6.17. The van der Waals surface area contributed by atoms with Crippen molar-refractivity contribution >= 4 is 5.91 Å². The molecule has 0 aromatic carbocycles. The lowest BCUT2D eigenvalue weighted by atomic mass is 10.2. The third kappa shape index (κ3) is 4.97. The number of hydrogen-bond donors (Lipinski definition) is 2. The van der Waals surface area contributed by atoms with E-state index in [1.807, 2.05) is 19.1 Å². The van der Waals surface area contributed by atoms with E-state index in [0.717, 1.165) is 12.1 Å². The van der Waals surface area contributed by atoms with Gasteiger partial charge in [-0.2, -0.15) is 0 Å². The Morgan fingerprint density at radius 1 is 1.59 bits per heavy atom. The van der Waals surface area contributed by atoms with Crippen molar-refractivity contribution in [2.24, 2.45) is 0 Å². The maximum atomic E-state index is 11.6. The van der Waals surface area contributed by atoms with Crippen LogP contribution in [0.1, 0.15) is 12.6 Å². The largest absolute Gasteiger partial charge is 0.352 e. The van der Waals surface area contributed by atoms with Crippen LogP contribution >= 0.6 is 0 Å². The summed E-state index contributed by atoms with van der Waals surface area (Å²) in [4.78, 5) is 18.4. The first-order valence-electron chi connectivity index (χ1n) is 5.47. The summed E-state index contributed by atoms with van der Waals surface area (Å²) >= 11 is 0. The van der Waals surface area contributed by atoms with Gasteiger partial charge < -0.3 is 10.3 Å². The summed E-state index contributed by atoms with van der Waals surface area (Å²) in [5, 5.41) is 2.79. The first-order chi connectivity index (χ1) is 8.24. The van der Waals surface area contributed by atoms with Gasteiger partial charge in [0.2, 0.25) is 0 Å². The average Bonchev–Trinajstić information content (AvgIpc) is 2.82. The molecular weight excluding hydrogens is 214 g/mol. The van der Waals surface area contributed by atoms with Crippen molar-refractivity contribution in [3.8, 4) is 0 Å². The van der Waals surface area contributed by atoms with Crippen molar-refractivity contribution in [3.05, 3.63) is 54.7 Å². The third-order valence-corrected chi connectivity index (χ3v) is 2.13. The van der Waals surface area contributed by atoms with Crippen LogP contribution in [0.4, 0.5) is 0 Å². The van der Waals surface area contributed by atoms with Crippen LogP contribution in [0, 0.1) is 0 Å². The Morgan fingerprint density at radius 2 is 2.41 bits per heavy atom. The highest BCUT2D eigenvalue weighted by Crippen LogP contribution is 1.95. The van der Waals surface area contributed by atoms with Crippen LogP contribution in [0.5, 0.6) is 0 Å². The van der Waals surface area contributed by atoms with Gasteiger partial charge >= 0.3 is 0 Å². The molecule has 1 rings (SSSR count). The molecule has 0 aliphatic heterocycles. The van der Waals surface area contributed by atoms with Gasteiger partial charge in [0.25, 0.3) is 5.91 Å². The number of imidazole rings is 1. The number of amides is 1. The molecule has 0 bridgehead atoms. The molecule has 0 saturated carbocycles. The highest BCUT2D eigenvalue weighted by molar-refractivity contribution is 5.95. The molecule has 0 unspecified atom stereocenters. The van der Waals surface area contributed by atoms with Crippen molar-refractivity contribution in [3.63, 3.8) is 0 Å². The molecule has 1 amide bonds. The minimum atomic E-state index is -0.148. The van der Waals surface area contributed by atoms with E-state index in [-0.39, 0.29) is 5.91 Å². The van der Waals surface area contributed by atoms with Crippen molar-refractivity contribution in [1.82, 2.24) is 15.3 Å². The fraction of sp³-hybridized carbons (Fsp3) is 0.231. The quantitative estimate of drug-likeness (QED) is 0.579. The Kier molecular flexibility index (Phi) is 5.51. The number of hydrogen-bond acceptors (Lipinski definition) is 2. The van der Waals surface area contributed by atoms with Crippen molar-refractivity contribution in [2.75, 3.05) is 6.54 Å². The molecule has 4 heteroatoms. The van der Waals surface area contributed by atoms with Crippen LogP contribution in [-0.4, -0.2) is 22.4 Å². The molecule has 1 aromatic rings. The zero-order valence-corrected chi connectivity index (χ0v) is 9.94. The van der Waals surface area contributed by atoms with Crippen molar-refractivity contribution < 1.29 is 4.79 Å². The second kappa shape index (κ2) is 7.22. The molecule has 2 N–H and O–H groups in total. The Balaban J connectivity index is 2.27. The van der Waals surface area contributed by atoms with Gasteiger partial charge in [-0.1, -0.05) is 30.9 Å². The number of H-pyrrole nitrogens is 1. The van der Waals surface area contributed by atoms with E-state index in [1.165, 1.54) is 0 Å². The van der Waals surface area contributed by atoms with E-state index in [1.54, 1.807) is 24.7 Å². The van der Waals surface area contributed by atoms with Crippen LogP contribution in [-0.2, 0) is 11.2 Å². The van der Waals surface area contributed by atoms with E-state index in [2.05, 4.69) is 21.9 Å². The molecule has 0 fully saturated rings. The van der Waals surface area contributed by atoms with Crippen LogP contribution < -0.4 is 5.32 Å². The molecule has 17 heavy (non-hydrogen) atoms. The standard InChI is InChI=1S/C13H17N3O/c1-3-4-5-6-11(2)13(17)15-8-7-12-9-14-10-16-12/h3-6,9-10H,2,7-8H2,1H3,(H,14,16)(H,15,17)/b4-3-,6-5-. The Labute approximate surface area is 101 Å². The second-order valence-corrected chi connectivity index (χ2v) is 3.49. The fourth-order valence-corrected chi connectivity index (χ4v) is 1.20. The first-order valence-corrected chi connectivity index (χ1v) is 5.47. The van der Waals surface area contributed by atoms with Gasteiger partial charge in [-0.05, 0) is 6.92 Å². The first kappa shape index (κ1) is 13.0. The molecule has 0 radical (unpaired) electrons. The maximum Gasteiger partial charge on any atom is 0.250 e. The van der Waals surface area contributed by atoms with Gasteiger partial charge in [0.15, 0.2) is 0 Å². The van der Waals surface area contributed by atoms with E-state index >= 15 is 0 Å². The van der Waals surface area contributed by atoms with Gasteiger partial charge in [0, 0.05) is 30.4 Å². The zero-order valence-electron chi connectivity index (χ0n) is 9.94. The normalized spacial score (nSPS) is 11.1. The summed E-state index contributed by atoms with van der Waals surface area (Å²) in [5.74, 6) is -0.148. The van der Waals surface area contributed by atoms with Gasteiger partial charge in [-0.15, -0.1) is 0 Å². The number of nitrogens with zero attached hydrogens (tertiary/aromatic N) is 1. The lowest BCUT2D eigenvalue weighted by Crippen LogP contribution is -2.26. The van der Waals surface area contributed by atoms with Crippen LogP contribution in [0.2, 0.25) is 0 Å². The minimum absolute atomic E-state index is 0.148. The Hall–Kier alpha value is -2.10. The van der Waals surface area contributed by atoms with E-state index in [9.17, 15) is 4.79 Å². The van der Waals surface area contributed by atoms with Crippen LogP contribution in [0.25, 0.3) is 0 Å². The number of aromatic amines is 1. The predicted molar refractivity (Wildman–Crippen MR) is 68.4 cm³/mol. The summed E-state index contributed by atoms with van der Waals surface area (Å²) in [6.07, 6.45) is 11.3. The topological polar surface area (TPSA) is 57.8 Å². The number of carbonyl (C=O) groups excluding carboxylic acids is 1. The lowest BCUT2D eigenvalue weighted by molar-refractivity contribution is -0.117. The SMILES string of the molecule is C=C(/C=C\C=C/C)C(=O)NCCc1cnc[nH]1. The van der Waals surface area contributed by atoms with Crippen LogP contribution in [0.15, 0.2) is 49.0 Å². The fourth-order valence-electron chi connectivity index (χ4n) is 1.20. The molecule has 0 spiro atoms. The Morgan fingerprint density at radius 3 is 3.06 bits per heavy atom. The lowest BCUT2D eigenvalue weighted by Gasteiger charge is -2.03. The Bertz CT molecular complexity index is 416. The third-order valence-electron chi connectivity index (χ3n) is 2.13. The molecule has 0 aliphatic carbocycles. The molecule has 4 nitrogen and oxygen atoms in total. The summed E-state index contributed by atoms with van der Waals surface area (Å²) in [7, 11) is 0. The monoisotopic (exact) mass is 231 g/mol. The van der Waals surface area contributed by atoms with Gasteiger partial charge in [0.1, 0.15) is 0 Å². The average molecular weight is 231 g/mol. The van der Waals surface area contributed by atoms with Crippen molar-refractivity contribution in [1.29, 1.82) is 0 Å². The highest BCUT2D eigenvalue weighted by atomic mass is 16.1. The molecule has 0 aliphatic rings. The molecule has 1 aromatic heterocycles. The molecule has 0 saturated heterocycles. The van der Waals surface area contributed by atoms with Crippen molar-refractivity contribution in [2.45, 2.75) is 13.3 Å². The number of rotatable bonds is 6. The second-order valence-electron chi connectivity index (χ2n) is 3.49. The number of nitrogens with one attached hydrogen (secondary N) is 2. The van der Waals surface area contributed by atoms with Gasteiger partial charge in [0.05, 0.1) is 6.33 Å². The molecule has 90 valence electrons. The summed E-state index contributed by atoms with van der Waals surface area (Å²) in [5.41, 5.74) is 1.45. The van der Waals surface area contributed by atoms with E-state index < -0.39 is 0 Å².